The Morgan fingerprint density at radius 1 is 0.872 bits per heavy atom. The lowest BCUT2D eigenvalue weighted by molar-refractivity contribution is 0.0750. The quantitative estimate of drug-likeness (QED) is 0.239. The van der Waals surface area contributed by atoms with Crippen molar-refractivity contribution in [3.63, 3.8) is 0 Å². The van der Waals surface area contributed by atoms with Crippen molar-refractivity contribution in [2.45, 2.75) is 50.4 Å². The van der Waals surface area contributed by atoms with E-state index in [1.54, 1.807) is 34.9 Å². The van der Waals surface area contributed by atoms with Gasteiger partial charge in [0.15, 0.2) is 0 Å². The Kier molecular flexibility index (Phi) is 7.23. The molecule has 3 aromatic carbocycles. The highest BCUT2D eigenvalue weighted by atomic mass is 35.5. The minimum Gasteiger partial charge on any atom is -0.306 e. The summed E-state index contributed by atoms with van der Waals surface area (Å²) < 4.78 is 15.6. The summed E-state index contributed by atoms with van der Waals surface area (Å²) in [6, 6.07) is 18.8. The lowest BCUT2D eigenvalue weighted by Crippen LogP contribution is -2.48. The van der Waals surface area contributed by atoms with Gasteiger partial charge in [-0.2, -0.15) is 0 Å². The van der Waals surface area contributed by atoms with E-state index in [0.29, 0.717) is 50.0 Å². The zero-order chi connectivity index (χ0) is 27.4. The van der Waals surface area contributed by atoms with Crippen molar-refractivity contribution in [3.05, 3.63) is 97.5 Å². The van der Waals surface area contributed by atoms with Crippen molar-refractivity contribution in [3.8, 4) is 16.8 Å². The fourth-order valence-electron chi connectivity index (χ4n) is 6.50. The Bertz CT molecular complexity index is 1600. The molecule has 3 heterocycles. The summed E-state index contributed by atoms with van der Waals surface area (Å²) in [4.78, 5) is 18.3. The molecule has 4 nitrogen and oxygen atoms in total. The number of halogens is 4. The molecule has 0 radical (unpaired) electrons. The van der Waals surface area contributed by atoms with E-state index < -0.39 is 5.82 Å². The van der Waals surface area contributed by atoms with E-state index in [1.807, 2.05) is 0 Å². The SMILES string of the molecule is CN(C)C1CC2CCC(C1)N2Cc1cc(-c2ccc(F)cc2Cl)c2ccc(=O)n(-c3c(Cl)cccc3Cl)c2c1. The third-order valence-corrected chi connectivity index (χ3v) is 9.33. The topological polar surface area (TPSA) is 28.5 Å². The zero-order valence-electron chi connectivity index (χ0n) is 21.8. The molecule has 0 amide bonds. The molecule has 2 atom stereocenters. The Labute approximate surface area is 242 Å². The Morgan fingerprint density at radius 3 is 2.21 bits per heavy atom. The molecule has 1 aromatic heterocycles. The highest BCUT2D eigenvalue weighted by Crippen LogP contribution is 2.41. The first-order chi connectivity index (χ1) is 18.7. The molecule has 0 aliphatic carbocycles. The summed E-state index contributed by atoms with van der Waals surface area (Å²) in [6.45, 7) is 0.747. The molecule has 6 rings (SSSR count). The van der Waals surface area contributed by atoms with Gasteiger partial charge in [-0.15, -0.1) is 0 Å². The number of benzene rings is 3. The van der Waals surface area contributed by atoms with Gasteiger partial charge in [0.2, 0.25) is 0 Å². The maximum atomic E-state index is 14.0. The molecule has 0 spiro atoms. The maximum Gasteiger partial charge on any atom is 0.255 e. The first-order valence-corrected chi connectivity index (χ1v) is 14.4. The van der Waals surface area contributed by atoms with Crippen molar-refractivity contribution >= 4 is 45.7 Å². The Balaban J connectivity index is 1.55. The van der Waals surface area contributed by atoms with Gasteiger partial charge in [0, 0.05) is 41.7 Å². The van der Waals surface area contributed by atoms with Crippen molar-refractivity contribution in [1.82, 2.24) is 14.4 Å². The monoisotopic (exact) mass is 583 g/mol. The van der Waals surface area contributed by atoms with Gasteiger partial charge < -0.3 is 4.90 Å². The summed E-state index contributed by atoms with van der Waals surface area (Å²) in [5.74, 6) is -0.399. The number of rotatable bonds is 5. The second kappa shape index (κ2) is 10.5. The molecule has 2 aliphatic rings. The van der Waals surface area contributed by atoms with Gasteiger partial charge in [-0.25, -0.2) is 4.39 Å². The van der Waals surface area contributed by atoms with Gasteiger partial charge in [0.1, 0.15) is 5.82 Å². The molecule has 2 saturated heterocycles. The Hall–Kier alpha value is -2.41. The minimum absolute atomic E-state index is 0.238. The third kappa shape index (κ3) is 4.89. The molecule has 4 aromatic rings. The number of para-hydroxylation sites is 1. The number of fused-ring (bicyclic) bond motifs is 3. The number of hydrogen-bond acceptors (Lipinski definition) is 3. The van der Waals surface area contributed by atoms with Crippen molar-refractivity contribution in [2.24, 2.45) is 0 Å². The molecule has 2 bridgehead atoms. The maximum absolute atomic E-state index is 14.0. The second-order valence-electron chi connectivity index (χ2n) is 10.9. The summed E-state index contributed by atoms with van der Waals surface area (Å²) in [6.07, 6.45) is 4.68. The highest BCUT2D eigenvalue weighted by Gasteiger charge is 2.41. The number of hydrogen-bond donors (Lipinski definition) is 0. The molecule has 8 heteroatoms. The molecule has 2 unspecified atom stereocenters. The summed E-state index contributed by atoms with van der Waals surface area (Å²) in [5, 5.41) is 1.88. The average molecular weight is 585 g/mol. The fourth-order valence-corrected chi connectivity index (χ4v) is 7.33. The number of pyridine rings is 1. The van der Waals surface area contributed by atoms with Crippen LogP contribution < -0.4 is 5.56 Å². The van der Waals surface area contributed by atoms with Gasteiger partial charge >= 0.3 is 0 Å². The van der Waals surface area contributed by atoms with Crippen LogP contribution in [0, 0.1) is 5.82 Å². The minimum atomic E-state index is -0.399. The van der Waals surface area contributed by atoms with Crippen LogP contribution in [-0.2, 0) is 6.54 Å². The summed E-state index contributed by atoms with van der Waals surface area (Å²) in [7, 11) is 4.34. The molecule has 39 heavy (non-hydrogen) atoms. The number of piperidine rings is 1. The summed E-state index contributed by atoms with van der Waals surface area (Å²) in [5.41, 5.74) is 3.48. The van der Waals surface area contributed by atoms with Gasteiger partial charge in [-0.1, -0.05) is 40.9 Å². The van der Waals surface area contributed by atoms with E-state index in [-0.39, 0.29) is 5.56 Å². The van der Waals surface area contributed by atoms with Crippen LogP contribution in [0.2, 0.25) is 15.1 Å². The van der Waals surface area contributed by atoms with Crippen LogP contribution in [0.4, 0.5) is 4.39 Å². The van der Waals surface area contributed by atoms with Crippen molar-refractivity contribution < 1.29 is 4.39 Å². The average Bonchev–Trinajstić information content (AvgIpc) is 3.10. The van der Waals surface area contributed by atoms with E-state index in [4.69, 9.17) is 34.8 Å². The lowest BCUT2D eigenvalue weighted by Gasteiger charge is -2.41. The normalized spacial score (nSPS) is 21.3. The third-order valence-electron chi connectivity index (χ3n) is 8.41. The van der Waals surface area contributed by atoms with E-state index in [9.17, 15) is 9.18 Å². The Morgan fingerprint density at radius 2 is 1.56 bits per heavy atom. The number of nitrogens with zero attached hydrogens (tertiary/aromatic N) is 3. The molecule has 202 valence electrons. The zero-order valence-corrected chi connectivity index (χ0v) is 24.1. The molecular formula is C31H29Cl3FN3O. The van der Waals surface area contributed by atoms with E-state index in [1.165, 1.54) is 31.0 Å². The smallest absolute Gasteiger partial charge is 0.255 e. The molecular weight excluding hydrogens is 556 g/mol. The van der Waals surface area contributed by atoms with Crippen LogP contribution in [0.3, 0.4) is 0 Å². The van der Waals surface area contributed by atoms with E-state index in [0.717, 1.165) is 35.9 Å². The molecule has 0 saturated carbocycles. The summed E-state index contributed by atoms with van der Waals surface area (Å²) >= 11 is 19.8. The second-order valence-corrected chi connectivity index (χ2v) is 12.1. The van der Waals surface area contributed by atoms with Gasteiger partial charge in [-0.05, 0) is 99.4 Å². The van der Waals surface area contributed by atoms with Crippen molar-refractivity contribution in [2.75, 3.05) is 14.1 Å². The predicted molar refractivity (Wildman–Crippen MR) is 159 cm³/mol. The van der Waals surface area contributed by atoms with Crippen molar-refractivity contribution in [1.29, 1.82) is 0 Å². The predicted octanol–water partition coefficient (Wildman–Crippen LogP) is 7.81. The van der Waals surface area contributed by atoms with E-state index >= 15 is 0 Å². The van der Waals surface area contributed by atoms with Crippen LogP contribution in [0.15, 0.2) is 65.5 Å². The lowest BCUT2D eigenvalue weighted by atomic mass is 9.94. The molecule has 2 fully saturated rings. The van der Waals surface area contributed by atoms with Gasteiger partial charge in [-0.3, -0.25) is 14.3 Å². The van der Waals surface area contributed by atoms with Crippen LogP contribution in [0.25, 0.3) is 27.7 Å². The number of aromatic nitrogens is 1. The van der Waals surface area contributed by atoms with Crippen LogP contribution in [-0.4, -0.2) is 46.6 Å². The molecule has 0 N–H and O–H groups in total. The van der Waals surface area contributed by atoms with Crippen LogP contribution >= 0.6 is 34.8 Å². The van der Waals surface area contributed by atoms with Gasteiger partial charge in [0.05, 0.1) is 26.3 Å². The van der Waals surface area contributed by atoms with Crippen LogP contribution in [0.5, 0.6) is 0 Å². The standard InChI is InChI=1S/C31H29Cl3FN3O/c1-36(2)22-15-20-7-8-21(16-22)37(20)17-18-12-25(23-9-6-19(35)14-28(23)34)24-10-11-30(39)38(29(24)13-18)31-26(32)4-3-5-27(31)33/h3-6,9-14,20-22H,7-8,15-17H2,1-2H3. The first kappa shape index (κ1) is 26.8. The molecule has 2 aliphatic heterocycles. The van der Waals surface area contributed by atoms with E-state index in [2.05, 4.69) is 36.0 Å². The highest BCUT2D eigenvalue weighted by molar-refractivity contribution is 6.38. The first-order valence-electron chi connectivity index (χ1n) is 13.2. The largest absolute Gasteiger partial charge is 0.306 e. The van der Waals surface area contributed by atoms with Crippen LogP contribution in [0.1, 0.15) is 31.2 Å². The van der Waals surface area contributed by atoms with Gasteiger partial charge in [0.25, 0.3) is 5.56 Å². The fraction of sp³-hybridized carbons (Fsp3) is 0.323.